The number of alkyl halides is 2. The molecule has 1 nitrogen and oxygen atoms in total. The summed E-state index contributed by atoms with van der Waals surface area (Å²) in [5, 5.41) is 1.75. The highest BCUT2D eigenvalue weighted by atomic mass is 79.9. The minimum atomic E-state index is 0. The minimum absolute atomic E-state index is 0. The molecule has 0 fully saturated rings. The van der Waals surface area contributed by atoms with Crippen molar-refractivity contribution in [3.05, 3.63) is 0 Å². The predicted molar refractivity (Wildman–Crippen MR) is 45.9 cm³/mol. The number of hydrogen-bond acceptors (Lipinski definition) is 1. The number of halogens is 3. The van der Waals surface area contributed by atoms with Gasteiger partial charge in [-0.1, -0.05) is 31.9 Å². The van der Waals surface area contributed by atoms with Crippen LogP contribution in [0, 0.1) is 0 Å². The lowest BCUT2D eigenvalue weighted by Gasteiger charge is -1.96. The van der Waals surface area contributed by atoms with E-state index in [2.05, 4.69) is 31.9 Å². The molecule has 7 heavy (non-hydrogen) atoms. The Balaban J connectivity index is 0. The monoisotopic (exact) mass is 295 g/mol. The molecule has 0 aliphatic rings. The third-order valence-corrected chi connectivity index (χ3v) is 2.06. The zero-order chi connectivity index (χ0) is 4.99. The van der Waals surface area contributed by atoms with Gasteiger partial charge in [0.25, 0.3) is 0 Å². The van der Waals surface area contributed by atoms with Crippen LogP contribution in [0.15, 0.2) is 0 Å². The fourth-order valence-corrected chi connectivity index (χ4v) is 1.11. The van der Waals surface area contributed by atoms with Crippen LogP contribution < -0.4 is 5.73 Å². The van der Waals surface area contributed by atoms with Gasteiger partial charge in [0.2, 0.25) is 0 Å². The Morgan fingerprint density at radius 1 is 1.29 bits per heavy atom. The Kier molecular flexibility index (Phi) is 11.9. The third kappa shape index (κ3) is 7.40. The first-order valence-corrected chi connectivity index (χ1v) is 3.93. The molecule has 0 rings (SSSR count). The Hall–Kier alpha value is 1.40. The Morgan fingerprint density at radius 3 is 1.57 bits per heavy atom. The first-order valence-electron chi connectivity index (χ1n) is 1.68. The van der Waals surface area contributed by atoms with Gasteiger partial charge in [0.05, 0.1) is 0 Å². The lowest BCUT2D eigenvalue weighted by atomic mass is 10.4. The maximum Gasteiger partial charge on any atom is 0.0235 e. The standard InChI is InChI=1S/C3H7Br2N.BrH/c4-1-3(6)2-5;/h3H,1-2,6H2;1H. The lowest BCUT2D eigenvalue weighted by Crippen LogP contribution is -2.22. The molecule has 0 radical (unpaired) electrons. The summed E-state index contributed by atoms with van der Waals surface area (Å²) in [4.78, 5) is 0. The van der Waals surface area contributed by atoms with Crippen LogP contribution in [0.25, 0.3) is 0 Å². The van der Waals surface area contributed by atoms with E-state index in [1.54, 1.807) is 0 Å². The molecule has 2 N–H and O–H groups in total. The van der Waals surface area contributed by atoms with Gasteiger partial charge < -0.3 is 5.73 Å². The summed E-state index contributed by atoms with van der Waals surface area (Å²) in [5.41, 5.74) is 5.38. The molecule has 0 atom stereocenters. The van der Waals surface area contributed by atoms with Crippen LogP contribution in [-0.4, -0.2) is 16.7 Å². The fraction of sp³-hybridized carbons (Fsp3) is 1.00. The van der Waals surface area contributed by atoms with Crippen molar-refractivity contribution >= 4 is 48.8 Å². The molecule has 0 spiro atoms. The molecule has 0 aromatic rings. The Bertz CT molecular complexity index is 29.4. The van der Waals surface area contributed by atoms with Gasteiger partial charge >= 0.3 is 0 Å². The molecular weight excluding hydrogens is 290 g/mol. The zero-order valence-corrected chi connectivity index (χ0v) is 8.62. The van der Waals surface area contributed by atoms with Crippen molar-refractivity contribution < 1.29 is 0 Å². The van der Waals surface area contributed by atoms with Gasteiger partial charge in [-0.15, -0.1) is 17.0 Å². The van der Waals surface area contributed by atoms with E-state index < -0.39 is 0 Å². The number of hydrogen-bond donors (Lipinski definition) is 1. The summed E-state index contributed by atoms with van der Waals surface area (Å²) in [6.07, 6.45) is 0. The van der Waals surface area contributed by atoms with E-state index in [0.717, 1.165) is 10.7 Å². The fourth-order valence-electron chi connectivity index (χ4n) is 0.0412. The highest BCUT2D eigenvalue weighted by molar-refractivity contribution is 9.09. The summed E-state index contributed by atoms with van der Waals surface area (Å²) in [5.74, 6) is 0. The maximum absolute atomic E-state index is 5.38. The summed E-state index contributed by atoms with van der Waals surface area (Å²) in [6, 6.07) is 0.269. The van der Waals surface area contributed by atoms with Gasteiger partial charge in [0.1, 0.15) is 0 Å². The van der Waals surface area contributed by atoms with E-state index >= 15 is 0 Å². The Labute approximate surface area is 71.1 Å². The third-order valence-electron chi connectivity index (χ3n) is 0.396. The quantitative estimate of drug-likeness (QED) is 0.771. The zero-order valence-electron chi connectivity index (χ0n) is 3.73. The first-order chi connectivity index (χ1) is 2.81. The van der Waals surface area contributed by atoms with Crippen LogP contribution >= 0.6 is 48.8 Å². The molecule has 0 heterocycles. The molecule has 0 saturated heterocycles. The van der Waals surface area contributed by atoms with Gasteiger partial charge in [0.15, 0.2) is 0 Å². The van der Waals surface area contributed by atoms with Crippen molar-refractivity contribution in [2.75, 3.05) is 10.7 Å². The second kappa shape index (κ2) is 7.40. The van der Waals surface area contributed by atoms with Gasteiger partial charge in [-0.05, 0) is 0 Å². The molecule has 0 aromatic carbocycles. The minimum Gasteiger partial charge on any atom is -0.326 e. The summed E-state index contributed by atoms with van der Waals surface area (Å²) in [6.45, 7) is 0. The van der Waals surface area contributed by atoms with Gasteiger partial charge in [-0.2, -0.15) is 0 Å². The van der Waals surface area contributed by atoms with Crippen LogP contribution in [-0.2, 0) is 0 Å². The number of nitrogens with two attached hydrogens (primary N) is 1. The topological polar surface area (TPSA) is 26.0 Å². The molecular formula is C3H8Br3N. The average molecular weight is 298 g/mol. The second-order valence-corrected chi connectivity index (χ2v) is 2.36. The first kappa shape index (κ1) is 11.2. The predicted octanol–water partition coefficient (Wildman–Crippen LogP) is 1.68. The van der Waals surface area contributed by atoms with E-state index in [4.69, 9.17) is 5.73 Å². The molecule has 46 valence electrons. The van der Waals surface area contributed by atoms with Crippen molar-refractivity contribution in [1.29, 1.82) is 0 Å². The van der Waals surface area contributed by atoms with E-state index in [9.17, 15) is 0 Å². The molecule has 4 heteroatoms. The van der Waals surface area contributed by atoms with Crippen molar-refractivity contribution in [1.82, 2.24) is 0 Å². The second-order valence-electron chi connectivity index (χ2n) is 1.07. The Morgan fingerprint density at radius 2 is 1.57 bits per heavy atom. The summed E-state index contributed by atoms with van der Waals surface area (Å²) in [7, 11) is 0. The maximum atomic E-state index is 5.38. The van der Waals surface area contributed by atoms with Crippen LogP contribution in [0.4, 0.5) is 0 Å². The van der Waals surface area contributed by atoms with Crippen LogP contribution in [0.3, 0.4) is 0 Å². The molecule has 0 aromatic heterocycles. The number of rotatable bonds is 2. The largest absolute Gasteiger partial charge is 0.326 e. The molecule has 0 amide bonds. The van der Waals surface area contributed by atoms with E-state index in [1.165, 1.54) is 0 Å². The van der Waals surface area contributed by atoms with Crippen molar-refractivity contribution in [3.8, 4) is 0 Å². The van der Waals surface area contributed by atoms with E-state index in [1.807, 2.05) is 0 Å². The smallest absolute Gasteiger partial charge is 0.0235 e. The molecule has 0 unspecified atom stereocenters. The average Bonchev–Trinajstić information content (AvgIpc) is 1.65. The summed E-state index contributed by atoms with van der Waals surface area (Å²) >= 11 is 6.44. The summed E-state index contributed by atoms with van der Waals surface area (Å²) < 4.78 is 0. The van der Waals surface area contributed by atoms with Crippen LogP contribution in [0.1, 0.15) is 0 Å². The van der Waals surface area contributed by atoms with Gasteiger partial charge in [0, 0.05) is 16.7 Å². The molecule has 0 saturated carbocycles. The van der Waals surface area contributed by atoms with Crippen molar-refractivity contribution in [2.24, 2.45) is 5.73 Å². The van der Waals surface area contributed by atoms with Crippen molar-refractivity contribution in [2.45, 2.75) is 6.04 Å². The SMILES string of the molecule is Br.NC(CBr)CBr. The van der Waals surface area contributed by atoms with Gasteiger partial charge in [-0.25, -0.2) is 0 Å². The van der Waals surface area contributed by atoms with Crippen LogP contribution in [0.5, 0.6) is 0 Å². The molecule has 0 bridgehead atoms. The molecule has 0 aliphatic heterocycles. The van der Waals surface area contributed by atoms with Crippen molar-refractivity contribution in [3.63, 3.8) is 0 Å². The highest BCUT2D eigenvalue weighted by Crippen LogP contribution is 1.90. The molecule has 0 aliphatic carbocycles. The lowest BCUT2D eigenvalue weighted by molar-refractivity contribution is 0.874. The highest BCUT2D eigenvalue weighted by Gasteiger charge is 1.91. The van der Waals surface area contributed by atoms with E-state index in [0.29, 0.717) is 0 Å². The van der Waals surface area contributed by atoms with E-state index in [-0.39, 0.29) is 23.0 Å². The van der Waals surface area contributed by atoms with Crippen LogP contribution in [0.2, 0.25) is 0 Å². The normalized spacial score (nSPS) is 8.57. The van der Waals surface area contributed by atoms with Gasteiger partial charge in [-0.3, -0.25) is 0 Å².